The minimum absolute atomic E-state index is 0.655. The lowest BCUT2D eigenvalue weighted by Crippen LogP contribution is -2.00. The van der Waals surface area contributed by atoms with E-state index in [9.17, 15) is 0 Å². The molecule has 0 saturated carbocycles. The largest absolute Gasteiger partial charge is 0.455 e. The second kappa shape index (κ2) is 9.97. The van der Waals surface area contributed by atoms with Crippen LogP contribution in [0, 0.1) is 0 Å². The predicted molar refractivity (Wildman–Crippen MR) is 182 cm³/mol. The molecule has 0 fully saturated rings. The highest BCUT2D eigenvalue weighted by Crippen LogP contribution is 2.41. The van der Waals surface area contributed by atoms with Crippen molar-refractivity contribution < 1.29 is 4.42 Å². The Balaban J connectivity index is 1.22. The van der Waals surface area contributed by atoms with E-state index in [-0.39, 0.29) is 0 Å². The third-order valence-electron chi connectivity index (χ3n) is 8.14. The van der Waals surface area contributed by atoms with Crippen LogP contribution in [0.1, 0.15) is 0 Å². The maximum atomic E-state index is 6.37. The smallest absolute Gasteiger partial charge is 0.164 e. The highest BCUT2D eigenvalue weighted by molar-refractivity contribution is 7.25. The highest BCUT2D eigenvalue weighted by Gasteiger charge is 2.16. The summed E-state index contributed by atoms with van der Waals surface area (Å²) in [4.78, 5) is 14.8. The Morgan fingerprint density at radius 2 is 0.955 bits per heavy atom. The first kappa shape index (κ1) is 24.9. The third-order valence-corrected chi connectivity index (χ3v) is 9.29. The van der Waals surface area contributed by atoms with Gasteiger partial charge in [-0.3, -0.25) is 0 Å². The van der Waals surface area contributed by atoms with Gasteiger partial charge in [0, 0.05) is 53.2 Å². The summed E-state index contributed by atoms with van der Waals surface area (Å²) in [5, 5.41) is 4.66. The molecule has 44 heavy (non-hydrogen) atoms. The zero-order valence-corrected chi connectivity index (χ0v) is 24.3. The van der Waals surface area contributed by atoms with Gasteiger partial charge in [-0.15, -0.1) is 11.3 Å². The first-order chi connectivity index (χ1) is 21.8. The summed E-state index contributed by atoms with van der Waals surface area (Å²) in [5.74, 6) is 1.97. The van der Waals surface area contributed by atoms with Crippen LogP contribution in [0.25, 0.3) is 87.4 Å². The molecule has 0 aliphatic heterocycles. The van der Waals surface area contributed by atoms with E-state index in [4.69, 9.17) is 19.4 Å². The fraction of sp³-hybridized carbons (Fsp3) is 0. The van der Waals surface area contributed by atoms with E-state index in [2.05, 4.69) is 66.7 Å². The molecule has 0 aliphatic carbocycles. The van der Waals surface area contributed by atoms with Crippen molar-refractivity contribution in [1.29, 1.82) is 0 Å². The third kappa shape index (κ3) is 4.09. The van der Waals surface area contributed by atoms with Gasteiger partial charge in [0.2, 0.25) is 0 Å². The summed E-state index contributed by atoms with van der Waals surface area (Å²) < 4.78 is 8.84. The summed E-state index contributed by atoms with van der Waals surface area (Å²) in [6.45, 7) is 0. The molecule has 0 atom stereocenters. The fourth-order valence-electron chi connectivity index (χ4n) is 6.00. The standard InChI is InChI=1S/C39H23N3OS/c1-3-10-24(11-4-1)37-40-38(25-12-5-2-6-13-25)42-39(41-37)27-19-21-35-32(23-27)31-22-26(18-20-34(31)44-35)28-15-9-16-30-29-14-7-8-17-33(29)43-36(28)30/h1-23H. The number of benzene rings is 6. The molecule has 0 spiro atoms. The molecule has 206 valence electrons. The van der Waals surface area contributed by atoms with Gasteiger partial charge in [0.1, 0.15) is 11.2 Å². The summed E-state index contributed by atoms with van der Waals surface area (Å²) in [7, 11) is 0. The maximum absolute atomic E-state index is 6.37. The number of hydrogen-bond acceptors (Lipinski definition) is 5. The van der Waals surface area contributed by atoms with E-state index in [1.54, 1.807) is 11.3 Å². The van der Waals surface area contributed by atoms with Crippen molar-refractivity contribution in [3.8, 4) is 45.3 Å². The number of para-hydroxylation sites is 2. The van der Waals surface area contributed by atoms with Crippen molar-refractivity contribution in [2.45, 2.75) is 0 Å². The lowest BCUT2D eigenvalue weighted by atomic mass is 10.00. The van der Waals surface area contributed by atoms with Crippen molar-refractivity contribution in [3.05, 3.63) is 140 Å². The lowest BCUT2D eigenvalue weighted by Gasteiger charge is -2.08. The van der Waals surface area contributed by atoms with Crippen molar-refractivity contribution in [3.63, 3.8) is 0 Å². The van der Waals surface area contributed by atoms with Gasteiger partial charge < -0.3 is 4.42 Å². The van der Waals surface area contributed by atoms with Crippen LogP contribution in [0.4, 0.5) is 0 Å². The average Bonchev–Trinajstić information content (AvgIpc) is 3.66. The van der Waals surface area contributed by atoms with Crippen molar-refractivity contribution in [1.82, 2.24) is 15.0 Å². The van der Waals surface area contributed by atoms with Crippen LogP contribution in [-0.4, -0.2) is 15.0 Å². The highest BCUT2D eigenvalue weighted by atomic mass is 32.1. The van der Waals surface area contributed by atoms with Crippen LogP contribution in [-0.2, 0) is 0 Å². The van der Waals surface area contributed by atoms with E-state index < -0.39 is 0 Å². The van der Waals surface area contributed by atoms with Crippen molar-refractivity contribution in [2.75, 3.05) is 0 Å². The zero-order chi connectivity index (χ0) is 29.0. The number of nitrogens with zero attached hydrogens (tertiary/aromatic N) is 3. The number of fused-ring (bicyclic) bond motifs is 6. The van der Waals surface area contributed by atoms with Crippen LogP contribution >= 0.6 is 11.3 Å². The molecule has 0 N–H and O–H groups in total. The molecule has 0 amide bonds. The Bertz CT molecular complexity index is 2440. The Labute approximate surface area is 256 Å². The minimum atomic E-state index is 0.655. The van der Waals surface area contributed by atoms with Gasteiger partial charge in [0.25, 0.3) is 0 Å². The molecule has 0 unspecified atom stereocenters. The molecule has 3 aromatic heterocycles. The second-order valence-electron chi connectivity index (χ2n) is 10.8. The van der Waals surface area contributed by atoms with Gasteiger partial charge in [-0.2, -0.15) is 0 Å². The average molecular weight is 582 g/mol. The summed E-state index contributed by atoms with van der Waals surface area (Å²) in [6, 6.07) is 48.0. The van der Waals surface area contributed by atoms with Gasteiger partial charge in [-0.1, -0.05) is 103 Å². The number of furan rings is 1. The molecule has 9 aromatic rings. The number of rotatable bonds is 4. The van der Waals surface area contributed by atoms with Crippen LogP contribution in [0.15, 0.2) is 144 Å². The summed E-state index contributed by atoms with van der Waals surface area (Å²) >= 11 is 1.80. The quantitative estimate of drug-likeness (QED) is 0.207. The molecule has 6 aromatic carbocycles. The molecule has 9 rings (SSSR count). The molecule has 0 bridgehead atoms. The van der Waals surface area contributed by atoms with Crippen molar-refractivity contribution >= 4 is 53.4 Å². The number of thiophene rings is 1. The first-order valence-electron chi connectivity index (χ1n) is 14.5. The monoisotopic (exact) mass is 581 g/mol. The van der Waals surface area contributed by atoms with Crippen LogP contribution in [0.5, 0.6) is 0 Å². The number of hydrogen-bond donors (Lipinski definition) is 0. The molecule has 5 heteroatoms. The molecule has 4 nitrogen and oxygen atoms in total. The molecule has 0 saturated heterocycles. The second-order valence-corrected chi connectivity index (χ2v) is 11.9. The van der Waals surface area contributed by atoms with Crippen LogP contribution < -0.4 is 0 Å². The van der Waals surface area contributed by atoms with Gasteiger partial charge in [-0.05, 0) is 42.0 Å². The molecule has 3 heterocycles. The first-order valence-corrected chi connectivity index (χ1v) is 15.3. The van der Waals surface area contributed by atoms with Gasteiger partial charge in [0.05, 0.1) is 0 Å². The summed E-state index contributed by atoms with van der Waals surface area (Å²) in [6.07, 6.45) is 0. The van der Waals surface area contributed by atoms with E-state index >= 15 is 0 Å². The van der Waals surface area contributed by atoms with E-state index in [1.165, 1.54) is 20.2 Å². The van der Waals surface area contributed by atoms with Crippen LogP contribution in [0.3, 0.4) is 0 Å². The van der Waals surface area contributed by atoms with Gasteiger partial charge in [-0.25, -0.2) is 15.0 Å². The maximum Gasteiger partial charge on any atom is 0.164 e. The normalized spacial score (nSPS) is 11.6. The van der Waals surface area contributed by atoms with E-state index in [0.29, 0.717) is 17.5 Å². The van der Waals surface area contributed by atoms with Crippen molar-refractivity contribution in [2.24, 2.45) is 0 Å². The lowest BCUT2D eigenvalue weighted by molar-refractivity contribution is 0.670. The summed E-state index contributed by atoms with van der Waals surface area (Å²) in [5.41, 5.74) is 6.92. The molecule has 0 aliphatic rings. The zero-order valence-electron chi connectivity index (χ0n) is 23.4. The Morgan fingerprint density at radius 1 is 0.409 bits per heavy atom. The fourth-order valence-corrected chi connectivity index (χ4v) is 7.06. The van der Waals surface area contributed by atoms with Gasteiger partial charge >= 0.3 is 0 Å². The minimum Gasteiger partial charge on any atom is -0.455 e. The molecular weight excluding hydrogens is 559 g/mol. The Hall–Kier alpha value is -5.65. The Kier molecular flexibility index (Phi) is 5.64. The number of aromatic nitrogens is 3. The molecular formula is C39H23N3OS. The SMILES string of the molecule is c1ccc(-c2nc(-c3ccccc3)nc(-c3ccc4sc5ccc(-c6cccc7c6oc6ccccc67)cc5c4c3)n2)cc1. The topological polar surface area (TPSA) is 51.8 Å². The Morgan fingerprint density at radius 3 is 1.64 bits per heavy atom. The van der Waals surface area contributed by atoms with E-state index in [0.717, 1.165) is 49.8 Å². The van der Waals surface area contributed by atoms with E-state index in [1.807, 2.05) is 72.8 Å². The molecule has 0 radical (unpaired) electrons. The van der Waals surface area contributed by atoms with Crippen LogP contribution in [0.2, 0.25) is 0 Å². The van der Waals surface area contributed by atoms with Gasteiger partial charge in [0.15, 0.2) is 17.5 Å². The predicted octanol–water partition coefficient (Wildman–Crippen LogP) is 10.8.